The number of benzene rings is 4. The lowest BCUT2D eigenvalue weighted by Gasteiger charge is -2.50. The lowest BCUT2D eigenvalue weighted by Crippen LogP contribution is -2.59. The number of pyridine rings is 1. The summed E-state index contributed by atoms with van der Waals surface area (Å²) in [6.07, 6.45) is 5.13. The number of carboxylic acid groups (broad SMARTS) is 1. The van der Waals surface area contributed by atoms with Gasteiger partial charge in [-0.25, -0.2) is 4.79 Å². The highest BCUT2D eigenvalue weighted by Crippen LogP contribution is 2.39. The molecule has 60 heavy (non-hydrogen) atoms. The van der Waals surface area contributed by atoms with Crippen LogP contribution in [-0.2, 0) is 6.61 Å². The van der Waals surface area contributed by atoms with Crippen molar-refractivity contribution in [3.63, 3.8) is 0 Å². The summed E-state index contributed by atoms with van der Waals surface area (Å²) in [6, 6.07) is 31.0. The predicted molar refractivity (Wildman–Crippen MR) is 230 cm³/mol. The predicted octanol–water partition coefficient (Wildman–Crippen LogP) is 7.07. The molecule has 12 heteroatoms. The Hall–Kier alpha value is -5.69. The summed E-state index contributed by atoms with van der Waals surface area (Å²) in [5.41, 5.74) is 3.91. The standard InChI is InChI=1S/C48H55N5O7/c54-42-20-18-39(40-19-21-44(56)50-45(40)42)43(55)29-49-24-7-25-52(37-11-4-5-12-37)47(57)35-16-14-32(15-17-35)31-60-38-13-6-10-36(28-38)46(34-8-2-1-3-9-34)53(48(58)59)41-30-51-26-22-33(41)23-27-51/h1-3,6,8-10,13-21,28,33,37,41,43,46,49,54-55H,4-5,7,11-12,22-27,29-31H2,(H,50,56)(H,58,59)/t41?,43?,46-/m0/s1. The van der Waals surface area contributed by atoms with Crippen molar-refractivity contribution < 1.29 is 29.6 Å². The number of aliphatic hydroxyl groups is 1. The highest BCUT2D eigenvalue weighted by molar-refractivity contribution is 5.94. The van der Waals surface area contributed by atoms with Gasteiger partial charge in [-0.1, -0.05) is 73.5 Å². The zero-order valence-electron chi connectivity index (χ0n) is 33.9. The van der Waals surface area contributed by atoms with Crippen molar-refractivity contribution >= 4 is 22.9 Å². The Morgan fingerprint density at radius 1 is 0.883 bits per heavy atom. The van der Waals surface area contributed by atoms with Gasteiger partial charge in [0, 0.05) is 42.7 Å². The van der Waals surface area contributed by atoms with Crippen molar-refractivity contribution in [3.05, 3.63) is 141 Å². The first-order valence-corrected chi connectivity index (χ1v) is 21.4. The number of aromatic hydroxyl groups is 1. The molecule has 0 radical (unpaired) electrons. The molecule has 2 amide bonds. The number of aromatic amines is 1. The van der Waals surface area contributed by atoms with Crippen LogP contribution in [0.4, 0.5) is 4.79 Å². The second kappa shape index (κ2) is 18.7. The number of amides is 2. The van der Waals surface area contributed by atoms with E-state index in [2.05, 4.69) is 15.2 Å². The van der Waals surface area contributed by atoms with Gasteiger partial charge in [0.25, 0.3) is 5.91 Å². The number of carbonyl (C=O) groups is 2. The second-order valence-corrected chi connectivity index (χ2v) is 16.6. The van der Waals surface area contributed by atoms with E-state index in [0.29, 0.717) is 53.2 Å². The van der Waals surface area contributed by atoms with Crippen LogP contribution >= 0.6 is 0 Å². The van der Waals surface area contributed by atoms with E-state index in [1.54, 1.807) is 17.0 Å². The lowest BCUT2D eigenvalue weighted by atomic mass is 9.81. The monoisotopic (exact) mass is 813 g/mol. The Morgan fingerprint density at radius 3 is 2.35 bits per heavy atom. The minimum atomic E-state index is -0.913. The number of nitrogens with one attached hydrogen (secondary N) is 2. The Balaban J connectivity index is 0.889. The fourth-order valence-corrected chi connectivity index (χ4v) is 9.63. The maximum absolute atomic E-state index is 14.0. The van der Waals surface area contributed by atoms with Crippen LogP contribution in [0.1, 0.15) is 89.7 Å². The van der Waals surface area contributed by atoms with Gasteiger partial charge in [-0.05, 0) is 116 Å². The summed E-state index contributed by atoms with van der Waals surface area (Å²) in [6.45, 7) is 4.56. The number of carbonyl (C=O) groups excluding carboxylic acids is 1. The van der Waals surface area contributed by atoms with Crippen molar-refractivity contribution in [2.75, 3.05) is 39.3 Å². The van der Waals surface area contributed by atoms with E-state index >= 15 is 0 Å². The van der Waals surface area contributed by atoms with Crippen LogP contribution < -0.4 is 15.6 Å². The second-order valence-electron chi connectivity index (χ2n) is 16.6. The molecule has 5 aromatic rings. The van der Waals surface area contributed by atoms with E-state index in [9.17, 15) is 29.7 Å². The zero-order chi connectivity index (χ0) is 41.6. The van der Waals surface area contributed by atoms with E-state index < -0.39 is 18.2 Å². The minimum absolute atomic E-state index is 0.00425. The van der Waals surface area contributed by atoms with Gasteiger partial charge in [0.15, 0.2) is 0 Å². The van der Waals surface area contributed by atoms with Gasteiger partial charge in [0.1, 0.15) is 18.1 Å². The van der Waals surface area contributed by atoms with Crippen LogP contribution in [0.15, 0.2) is 108 Å². The van der Waals surface area contributed by atoms with Crippen LogP contribution in [0.25, 0.3) is 10.9 Å². The van der Waals surface area contributed by atoms with Gasteiger partial charge in [-0.2, -0.15) is 0 Å². The molecular formula is C48H55N5O7. The number of H-pyrrole nitrogens is 1. The molecule has 4 fully saturated rings. The van der Waals surface area contributed by atoms with Crippen molar-refractivity contribution in [2.45, 2.75) is 75.8 Å². The summed E-state index contributed by atoms with van der Waals surface area (Å²) < 4.78 is 6.32. The largest absolute Gasteiger partial charge is 0.506 e. The first kappa shape index (κ1) is 41.1. The molecule has 314 valence electrons. The number of hydrogen-bond donors (Lipinski definition) is 5. The molecule has 2 unspecified atom stereocenters. The Kier molecular flexibility index (Phi) is 12.8. The third kappa shape index (κ3) is 9.21. The third-order valence-electron chi connectivity index (χ3n) is 12.8. The smallest absolute Gasteiger partial charge is 0.408 e. The molecule has 1 saturated carbocycles. The van der Waals surface area contributed by atoms with E-state index in [4.69, 9.17) is 4.74 Å². The van der Waals surface area contributed by atoms with Crippen LogP contribution in [0.2, 0.25) is 0 Å². The number of fused-ring (bicyclic) bond motifs is 4. The van der Waals surface area contributed by atoms with Gasteiger partial charge >= 0.3 is 6.09 Å². The molecule has 3 atom stereocenters. The van der Waals surface area contributed by atoms with E-state index in [1.165, 1.54) is 12.1 Å². The SMILES string of the molecule is O=C(c1ccc(COc2cccc([C@H](c3ccccc3)N(C(=O)O)C3CN4CCC3CC4)c2)cc1)N(CCCNCC(O)c1ccc(O)c2[nH]c(=O)ccc12)C1CCCC1. The Morgan fingerprint density at radius 2 is 1.63 bits per heavy atom. The normalized spacial score (nSPS) is 19.9. The molecule has 4 aliphatic rings. The number of aromatic nitrogens is 1. The molecular weight excluding hydrogens is 759 g/mol. The minimum Gasteiger partial charge on any atom is -0.506 e. The summed E-state index contributed by atoms with van der Waals surface area (Å²) >= 11 is 0. The molecule has 0 spiro atoms. The van der Waals surface area contributed by atoms with Gasteiger partial charge in [0.05, 0.1) is 23.7 Å². The zero-order valence-corrected chi connectivity index (χ0v) is 33.9. The molecule has 4 heterocycles. The Bertz CT molecular complexity index is 2300. The van der Waals surface area contributed by atoms with Gasteiger partial charge < -0.3 is 40.2 Å². The first-order valence-electron chi connectivity index (χ1n) is 21.4. The summed E-state index contributed by atoms with van der Waals surface area (Å²) in [7, 11) is 0. The molecule has 4 aromatic carbocycles. The van der Waals surface area contributed by atoms with E-state index in [-0.39, 0.29) is 42.5 Å². The first-order chi connectivity index (χ1) is 29.2. The highest BCUT2D eigenvalue weighted by atomic mass is 16.5. The van der Waals surface area contributed by atoms with Crippen LogP contribution in [0.3, 0.4) is 0 Å². The third-order valence-corrected chi connectivity index (χ3v) is 12.8. The maximum atomic E-state index is 14.0. The number of phenols is 1. The van der Waals surface area contributed by atoms with E-state index in [0.717, 1.165) is 74.8 Å². The molecule has 1 aromatic heterocycles. The molecule has 2 bridgehead atoms. The molecule has 3 saturated heterocycles. The molecule has 12 nitrogen and oxygen atoms in total. The number of nitrogens with zero attached hydrogens (tertiary/aromatic N) is 3. The summed E-state index contributed by atoms with van der Waals surface area (Å²) in [5, 5.41) is 35.8. The van der Waals surface area contributed by atoms with Crippen LogP contribution in [0, 0.1) is 5.92 Å². The maximum Gasteiger partial charge on any atom is 0.408 e. The molecule has 9 rings (SSSR count). The average Bonchev–Trinajstić information content (AvgIpc) is 3.82. The molecule has 3 aliphatic heterocycles. The molecule has 5 N–H and O–H groups in total. The van der Waals surface area contributed by atoms with Gasteiger partial charge in [-0.15, -0.1) is 0 Å². The van der Waals surface area contributed by atoms with Gasteiger partial charge in [0.2, 0.25) is 5.56 Å². The lowest BCUT2D eigenvalue weighted by molar-refractivity contribution is -0.000814. The number of ether oxygens (including phenoxy) is 1. The Labute approximate surface area is 350 Å². The van der Waals surface area contributed by atoms with E-state index in [1.807, 2.05) is 83.8 Å². The number of phenolic OH excluding ortho intramolecular Hbond substituents is 1. The van der Waals surface area contributed by atoms with Crippen molar-refractivity contribution in [1.82, 2.24) is 25.0 Å². The number of aliphatic hydroxyl groups excluding tert-OH is 1. The van der Waals surface area contributed by atoms with Crippen LogP contribution in [-0.4, -0.2) is 98.4 Å². The number of hydrogen-bond acceptors (Lipinski definition) is 8. The van der Waals surface area contributed by atoms with Gasteiger partial charge in [-0.3, -0.25) is 14.5 Å². The fraction of sp³-hybridized carbons (Fsp3) is 0.396. The van der Waals surface area contributed by atoms with Crippen LogP contribution in [0.5, 0.6) is 11.5 Å². The number of piperidine rings is 3. The average molecular weight is 814 g/mol. The topological polar surface area (TPSA) is 159 Å². The fourth-order valence-electron chi connectivity index (χ4n) is 9.63. The van der Waals surface area contributed by atoms with Crippen molar-refractivity contribution in [3.8, 4) is 11.5 Å². The summed E-state index contributed by atoms with van der Waals surface area (Å²) in [5.74, 6) is 0.945. The quantitative estimate of drug-likeness (QED) is 0.0657. The number of rotatable bonds is 16. The summed E-state index contributed by atoms with van der Waals surface area (Å²) in [4.78, 5) is 47.5. The highest BCUT2D eigenvalue weighted by Gasteiger charge is 2.43. The molecule has 1 aliphatic carbocycles. The van der Waals surface area contributed by atoms with Crippen molar-refractivity contribution in [2.24, 2.45) is 5.92 Å². The van der Waals surface area contributed by atoms with Crippen molar-refractivity contribution in [1.29, 1.82) is 0 Å².